The third-order valence-electron chi connectivity index (χ3n) is 4.38. The van der Waals surface area contributed by atoms with Gasteiger partial charge >= 0.3 is 5.97 Å². The molecule has 4 nitrogen and oxygen atoms in total. The highest BCUT2D eigenvalue weighted by Crippen LogP contribution is 2.48. The topological polar surface area (TPSA) is 52.6 Å². The van der Waals surface area contributed by atoms with Gasteiger partial charge in [-0.05, 0) is 26.7 Å². The normalized spacial score (nSPS) is 25.3. The number of rotatable bonds is 2. The van der Waals surface area contributed by atoms with E-state index in [0.717, 1.165) is 12.0 Å². The molecule has 1 unspecified atom stereocenters. The summed E-state index contributed by atoms with van der Waals surface area (Å²) in [6, 6.07) is 7.32. The molecule has 0 saturated carbocycles. The van der Waals surface area contributed by atoms with E-state index in [9.17, 15) is 9.59 Å². The first-order valence-corrected chi connectivity index (χ1v) is 8.16. The lowest BCUT2D eigenvalue weighted by atomic mass is 9.75. The van der Waals surface area contributed by atoms with Gasteiger partial charge in [-0.25, -0.2) is 0 Å². The number of hydrogen-bond acceptors (Lipinski definition) is 4. The molecule has 0 bridgehead atoms. The van der Waals surface area contributed by atoms with E-state index in [1.54, 1.807) is 12.1 Å². The maximum absolute atomic E-state index is 13.1. The third-order valence-corrected chi connectivity index (χ3v) is 4.76. The van der Waals surface area contributed by atoms with E-state index in [-0.39, 0.29) is 17.3 Å². The molecule has 1 heterocycles. The molecule has 1 aliphatic heterocycles. The van der Waals surface area contributed by atoms with Gasteiger partial charge in [0.1, 0.15) is 11.4 Å². The second-order valence-electron chi connectivity index (χ2n) is 6.60. The van der Waals surface area contributed by atoms with Crippen LogP contribution in [0.3, 0.4) is 0 Å². The lowest BCUT2D eigenvalue weighted by Crippen LogP contribution is -2.47. The van der Waals surface area contributed by atoms with E-state index in [1.807, 2.05) is 26.0 Å². The van der Waals surface area contributed by atoms with Gasteiger partial charge in [0.15, 0.2) is 0 Å². The van der Waals surface area contributed by atoms with Gasteiger partial charge in [0, 0.05) is 23.6 Å². The van der Waals surface area contributed by atoms with Crippen molar-refractivity contribution in [2.24, 2.45) is 0 Å². The summed E-state index contributed by atoms with van der Waals surface area (Å²) in [6.45, 7) is 5.28. The van der Waals surface area contributed by atoms with Gasteiger partial charge < -0.3 is 9.47 Å². The van der Waals surface area contributed by atoms with Crippen LogP contribution < -0.4 is 0 Å². The molecule has 2 aliphatic rings. The molecule has 0 spiro atoms. The molecule has 1 aromatic rings. The quantitative estimate of drug-likeness (QED) is 0.613. The standard InChI is InChI=1S/C18H19ClO4/c1-11(20)22-18(10-19)14-7-5-4-6-12(14)15-13(16(18)21)8-9-17(2,3)23-15/h4-7H,8-10H2,1-3H3. The fraction of sp³-hybridized carbons (Fsp3) is 0.444. The van der Waals surface area contributed by atoms with Crippen molar-refractivity contribution in [2.45, 2.75) is 44.8 Å². The number of esters is 1. The Kier molecular flexibility index (Phi) is 3.75. The van der Waals surface area contributed by atoms with Crippen molar-refractivity contribution in [2.75, 3.05) is 5.88 Å². The highest BCUT2D eigenvalue weighted by molar-refractivity contribution is 6.23. The number of halogens is 1. The summed E-state index contributed by atoms with van der Waals surface area (Å²) in [5, 5.41) is 0. The summed E-state index contributed by atoms with van der Waals surface area (Å²) < 4.78 is 11.6. The summed E-state index contributed by atoms with van der Waals surface area (Å²) >= 11 is 6.13. The highest BCUT2D eigenvalue weighted by Gasteiger charge is 2.52. The third kappa shape index (κ3) is 2.45. The lowest BCUT2D eigenvalue weighted by Gasteiger charge is -2.42. The van der Waals surface area contributed by atoms with E-state index in [0.29, 0.717) is 23.3 Å². The number of alkyl halides is 1. The van der Waals surface area contributed by atoms with E-state index >= 15 is 0 Å². The molecular formula is C18H19ClO4. The monoisotopic (exact) mass is 334 g/mol. The molecule has 0 fully saturated rings. The zero-order chi connectivity index (χ0) is 16.8. The second-order valence-corrected chi connectivity index (χ2v) is 6.87. The SMILES string of the molecule is CC(=O)OC1(CCl)C(=O)C2=C(OC(C)(C)CC2)c2ccccc21. The molecule has 1 atom stereocenters. The average Bonchev–Trinajstić information content (AvgIpc) is 2.50. The van der Waals surface area contributed by atoms with Crippen LogP contribution in [0.15, 0.2) is 29.8 Å². The van der Waals surface area contributed by atoms with Crippen molar-refractivity contribution < 1.29 is 19.1 Å². The molecule has 0 N–H and O–H groups in total. The number of carbonyl (C=O) groups is 2. The van der Waals surface area contributed by atoms with Gasteiger partial charge in [-0.1, -0.05) is 24.3 Å². The van der Waals surface area contributed by atoms with Crippen LogP contribution in [-0.4, -0.2) is 23.2 Å². The van der Waals surface area contributed by atoms with Crippen molar-refractivity contribution >= 4 is 29.1 Å². The van der Waals surface area contributed by atoms with Crippen LogP contribution in [-0.2, 0) is 24.7 Å². The predicted octanol–water partition coefficient (Wildman–Crippen LogP) is 3.57. The van der Waals surface area contributed by atoms with Crippen molar-refractivity contribution in [1.82, 2.24) is 0 Å². The van der Waals surface area contributed by atoms with Gasteiger partial charge in [-0.15, -0.1) is 11.6 Å². The Hall–Kier alpha value is -1.81. The van der Waals surface area contributed by atoms with Crippen LogP contribution >= 0.6 is 11.6 Å². The Morgan fingerprint density at radius 1 is 1.35 bits per heavy atom. The van der Waals surface area contributed by atoms with Crippen molar-refractivity contribution in [3.05, 3.63) is 41.0 Å². The number of benzene rings is 1. The van der Waals surface area contributed by atoms with Crippen LogP contribution in [0.2, 0.25) is 0 Å². The minimum atomic E-state index is -1.46. The molecule has 1 aromatic carbocycles. The number of hydrogen-bond donors (Lipinski definition) is 0. The van der Waals surface area contributed by atoms with Gasteiger partial charge in [0.25, 0.3) is 0 Å². The molecule has 3 rings (SSSR count). The zero-order valence-corrected chi connectivity index (χ0v) is 14.2. The first kappa shape index (κ1) is 16.1. The Labute approximate surface area is 140 Å². The molecular weight excluding hydrogens is 316 g/mol. The van der Waals surface area contributed by atoms with Crippen molar-refractivity contribution in [3.63, 3.8) is 0 Å². The fourth-order valence-corrected chi connectivity index (χ4v) is 3.59. The fourth-order valence-electron chi connectivity index (χ4n) is 3.27. The first-order valence-electron chi connectivity index (χ1n) is 7.63. The second kappa shape index (κ2) is 5.38. The van der Waals surface area contributed by atoms with E-state index in [1.165, 1.54) is 6.92 Å². The maximum atomic E-state index is 13.1. The maximum Gasteiger partial charge on any atom is 0.304 e. The summed E-state index contributed by atoms with van der Waals surface area (Å²) in [7, 11) is 0. The predicted molar refractivity (Wildman–Crippen MR) is 86.9 cm³/mol. The van der Waals surface area contributed by atoms with Gasteiger partial charge in [0.05, 0.1) is 5.88 Å². The Morgan fingerprint density at radius 2 is 2.04 bits per heavy atom. The van der Waals surface area contributed by atoms with Gasteiger partial charge in [0.2, 0.25) is 11.4 Å². The smallest absolute Gasteiger partial charge is 0.304 e. The number of ether oxygens (including phenoxy) is 2. The van der Waals surface area contributed by atoms with Crippen molar-refractivity contribution in [3.8, 4) is 0 Å². The van der Waals surface area contributed by atoms with E-state index in [4.69, 9.17) is 21.1 Å². The molecule has 0 amide bonds. The minimum absolute atomic E-state index is 0.122. The summed E-state index contributed by atoms with van der Waals surface area (Å²) in [5.41, 5.74) is 0.121. The van der Waals surface area contributed by atoms with E-state index < -0.39 is 11.6 Å². The zero-order valence-electron chi connectivity index (χ0n) is 13.4. The average molecular weight is 335 g/mol. The van der Waals surface area contributed by atoms with Gasteiger partial charge in [-0.2, -0.15) is 0 Å². The van der Waals surface area contributed by atoms with Crippen LogP contribution in [0.25, 0.3) is 5.76 Å². The molecule has 0 saturated heterocycles. The first-order chi connectivity index (χ1) is 10.8. The van der Waals surface area contributed by atoms with E-state index in [2.05, 4.69) is 0 Å². The molecule has 122 valence electrons. The Bertz CT molecular complexity index is 719. The highest BCUT2D eigenvalue weighted by atomic mass is 35.5. The summed E-state index contributed by atoms with van der Waals surface area (Å²) in [6.07, 6.45) is 1.30. The minimum Gasteiger partial charge on any atom is -0.487 e. The van der Waals surface area contributed by atoms with Crippen LogP contribution in [0.4, 0.5) is 0 Å². The Morgan fingerprint density at radius 3 is 2.70 bits per heavy atom. The van der Waals surface area contributed by atoms with Crippen molar-refractivity contribution in [1.29, 1.82) is 0 Å². The van der Waals surface area contributed by atoms with Gasteiger partial charge in [-0.3, -0.25) is 9.59 Å². The summed E-state index contributed by atoms with van der Waals surface area (Å²) in [5.74, 6) is -0.334. The van der Waals surface area contributed by atoms with Crippen LogP contribution in [0, 0.1) is 0 Å². The number of Topliss-reactive ketones (excluding diaryl/α,β-unsaturated/α-hetero) is 1. The summed E-state index contributed by atoms with van der Waals surface area (Å²) in [4.78, 5) is 24.7. The number of carbonyl (C=O) groups excluding carboxylic acids is 2. The number of fused-ring (bicyclic) bond motifs is 2. The molecule has 23 heavy (non-hydrogen) atoms. The molecule has 1 aliphatic carbocycles. The lowest BCUT2D eigenvalue weighted by molar-refractivity contribution is -0.163. The van der Waals surface area contributed by atoms with Crippen LogP contribution in [0.1, 0.15) is 44.7 Å². The van der Waals surface area contributed by atoms with Crippen LogP contribution in [0.5, 0.6) is 0 Å². The molecule has 0 radical (unpaired) electrons. The number of ketones is 1. The largest absolute Gasteiger partial charge is 0.487 e. The molecule has 5 heteroatoms. The Balaban J connectivity index is 2.24. The molecule has 0 aromatic heterocycles.